The van der Waals surface area contributed by atoms with Crippen molar-refractivity contribution in [2.75, 3.05) is 23.3 Å². The van der Waals surface area contributed by atoms with Gasteiger partial charge in [-0.1, -0.05) is 13.0 Å². The number of alkyl halides is 3. The second-order valence-corrected chi connectivity index (χ2v) is 13.2. The molecule has 0 saturated carbocycles. The van der Waals surface area contributed by atoms with Crippen molar-refractivity contribution in [3.05, 3.63) is 94.6 Å². The third-order valence-corrected chi connectivity index (χ3v) is 9.29. The van der Waals surface area contributed by atoms with Crippen molar-refractivity contribution in [1.29, 1.82) is 5.26 Å². The summed E-state index contributed by atoms with van der Waals surface area (Å²) in [6, 6.07) is 13.6. The van der Waals surface area contributed by atoms with E-state index in [1.165, 1.54) is 11.0 Å². The van der Waals surface area contributed by atoms with E-state index in [-0.39, 0.29) is 23.5 Å². The van der Waals surface area contributed by atoms with Crippen LogP contribution in [0.3, 0.4) is 0 Å². The maximum absolute atomic E-state index is 14.6. The number of carbonyl (C=O) groups excluding carboxylic acids is 1. The predicted molar refractivity (Wildman–Crippen MR) is 181 cm³/mol. The van der Waals surface area contributed by atoms with Crippen LogP contribution in [-0.2, 0) is 39.9 Å². The van der Waals surface area contributed by atoms with Gasteiger partial charge in [0.2, 0.25) is 0 Å². The van der Waals surface area contributed by atoms with Crippen molar-refractivity contribution in [3.8, 4) is 28.6 Å². The number of aryl methyl sites for hydroxylation is 2. The zero-order valence-corrected chi connectivity index (χ0v) is 27.9. The quantitative estimate of drug-likeness (QED) is 0.207. The molecule has 3 aromatic heterocycles. The summed E-state index contributed by atoms with van der Waals surface area (Å²) in [5.74, 6) is 1.01. The number of fused-ring (bicyclic) bond motifs is 1. The summed E-state index contributed by atoms with van der Waals surface area (Å²) in [5.41, 5.74) is 2.85. The fourth-order valence-corrected chi connectivity index (χ4v) is 6.92. The Morgan fingerprint density at radius 1 is 1.06 bits per heavy atom. The Morgan fingerprint density at radius 3 is 2.60 bits per heavy atom. The number of aromatic nitrogens is 6. The molecular weight excluding hydrogens is 645 g/mol. The summed E-state index contributed by atoms with van der Waals surface area (Å²) in [7, 11) is 3.60. The van der Waals surface area contributed by atoms with E-state index in [0.717, 1.165) is 31.5 Å². The van der Waals surface area contributed by atoms with Crippen molar-refractivity contribution >= 4 is 17.5 Å². The van der Waals surface area contributed by atoms with Crippen LogP contribution in [0.1, 0.15) is 57.9 Å². The second-order valence-electron chi connectivity index (χ2n) is 13.2. The number of carbonyl (C=O) groups is 1. The minimum atomic E-state index is -4.65. The molecule has 2 aliphatic rings. The lowest BCUT2D eigenvalue weighted by Crippen LogP contribution is -2.33. The molecule has 1 N–H and O–H groups in total. The van der Waals surface area contributed by atoms with Crippen LogP contribution in [0.5, 0.6) is 0 Å². The Labute approximate surface area is 287 Å². The van der Waals surface area contributed by atoms with E-state index in [1.54, 1.807) is 65.2 Å². The molecule has 5 aromatic rings. The van der Waals surface area contributed by atoms with Crippen LogP contribution in [-0.4, -0.2) is 53.4 Å². The molecule has 0 bridgehead atoms. The zero-order chi connectivity index (χ0) is 35.2. The Balaban J connectivity index is 1.31. The maximum atomic E-state index is 14.6. The van der Waals surface area contributed by atoms with Gasteiger partial charge in [-0.3, -0.25) is 19.3 Å². The second kappa shape index (κ2) is 13.1. The van der Waals surface area contributed by atoms with Gasteiger partial charge >= 0.3 is 6.18 Å². The van der Waals surface area contributed by atoms with Gasteiger partial charge < -0.3 is 9.88 Å². The van der Waals surface area contributed by atoms with Gasteiger partial charge in [0.15, 0.2) is 5.82 Å². The van der Waals surface area contributed by atoms with Crippen molar-refractivity contribution in [1.82, 2.24) is 34.4 Å². The molecule has 1 amide bonds. The largest absolute Gasteiger partial charge is 0.416 e. The third kappa shape index (κ3) is 6.56. The number of benzene rings is 2. The molecule has 50 heavy (non-hydrogen) atoms. The summed E-state index contributed by atoms with van der Waals surface area (Å²) in [5, 5.41) is 25.5. The molecule has 0 unspecified atom stereocenters. The highest BCUT2D eigenvalue weighted by atomic mass is 19.4. The number of nitrogens with zero attached hydrogens (tertiary/aromatic N) is 9. The van der Waals surface area contributed by atoms with E-state index in [2.05, 4.69) is 38.5 Å². The minimum absolute atomic E-state index is 0.0371. The lowest BCUT2D eigenvalue weighted by Gasteiger charge is -2.31. The summed E-state index contributed by atoms with van der Waals surface area (Å²) in [6.45, 7) is 4.17. The molecule has 7 rings (SSSR count). The first-order valence-corrected chi connectivity index (χ1v) is 16.4. The molecule has 1 saturated heterocycles. The van der Waals surface area contributed by atoms with Gasteiger partial charge in [-0.25, -0.2) is 4.98 Å². The van der Waals surface area contributed by atoms with Gasteiger partial charge in [-0.2, -0.15) is 23.5 Å². The molecule has 11 nitrogen and oxygen atoms in total. The fourth-order valence-electron chi connectivity index (χ4n) is 6.92. The monoisotopic (exact) mass is 680 g/mol. The van der Waals surface area contributed by atoms with Gasteiger partial charge in [-0.15, -0.1) is 10.2 Å². The number of pyridine rings is 1. The smallest absolute Gasteiger partial charge is 0.366 e. The van der Waals surface area contributed by atoms with E-state index >= 15 is 0 Å². The number of likely N-dealkylation sites (tertiary alicyclic amines) is 1. The van der Waals surface area contributed by atoms with Crippen molar-refractivity contribution in [2.45, 2.75) is 45.6 Å². The Hall–Kier alpha value is -5.55. The molecule has 0 aliphatic carbocycles. The molecule has 256 valence electrons. The number of halogens is 3. The Kier molecular flexibility index (Phi) is 8.61. The van der Waals surface area contributed by atoms with Gasteiger partial charge in [0, 0.05) is 56.6 Å². The van der Waals surface area contributed by atoms with E-state index in [1.807, 2.05) is 13.2 Å². The number of rotatable bonds is 8. The van der Waals surface area contributed by atoms with Crippen molar-refractivity contribution in [3.63, 3.8) is 0 Å². The van der Waals surface area contributed by atoms with Gasteiger partial charge in [-0.05, 0) is 84.0 Å². The highest BCUT2D eigenvalue weighted by Gasteiger charge is 2.41. The number of nitriles is 1. The number of hydrogen-bond donors (Lipinski definition) is 1. The highest BCUT2D eigenvalue weighted by Crippen LogP contribution is 2.41. The van der Waals surface area contributed by atoms with Gasteiger partial charge in [0.25, 0.3) is 5.91 Å². The topological polar surface area (TPSA) is 121 Å². The Bertz CT molecular complexity index is 2130. The molecule has 14 heteroatoms. The molecule has 2 aromatic carbocycles. The van der Waals surface area contributed by atoms with Crippen LogP contribution in [0.2, 0.25) is 0 Å². The van der Waals surface area contributed by atoms with Crippen LogP contribution in [0, 0.1) is 17.2 Å². The number of piperidine rings is 1. The summed E-state index contributed by atoms with van der Waals surface area (Å²) >= 11 is 0. The molecule has 1 fully saturated rings. The van der Waals surface area contributed by atoms with Gasteiger partial charge in [0.1, 0.15) is 18.0 Å². The molecule has 0 spiro atoms. The van der Waals surface area contributed by atoms with Crippen molar-refractivity contribution in [2.24, 2.45) is 20.0 Å². The van der Waals surface area contributed by atoms with Crippen molar-refractivity contribution < 1.29 is 18.0 Å². The first-order chi connectivity index (χ1) is 24.0. The van der Waals surface area contributed by atoms with Crippen LogP contribution in [0.25, 0.3) is 22.5 Å². The molecule has 2 aliphatic heterocycles. The SMILES string of the molecule is C[C@@H]1CCCN(Cc2cc3c(c(C(F)(F)F)c2)CN(c2cc(-c4ccc(C#N)cc4-c4nncn4C)cc(NCc4cnn(C)c4)n2)C3=O)C1. The summed E-state index contributed by atoms with van der Waals surface area (Å²) in [6.07, 6.45) is 2.55. The normalized spacial score (nSPS) is 16.5. The molecule has 0 radical (unpaired) electrons. The van der Waals surface area contributed by atoms with E-state index in [9.17, 15) is 23.2 Å². The Morgan fingerprint density at radius 2 is 1.90 bits per heavy atom. The average Bonchev–Trinajstić information content (AvgIpc) is 3.80. The zero-order valence-electron chi connectivity index (χ0n) is 27.9. The average molecular weight is 681 g/mol. The standard InChI is InChI=1S/C36H35F3N10O/c1-22-5-4-8-48(17-22)19-24-10-29-30(31(11-24)36(37,38)39)20-49(35(29)50)33-13-26(12-32(44-33)41-15-25-16-43-47(3)18-25)27-7-6-23(14-40)9-28(27)34-45-42-21-46(34)2/h6-7,9-13,16,18,21-22H,4-5,8,15,17,19-20H2,1-3H3,(H,41,44)/t22-/m1/s1. The lowest BCUT2D eigenvalue weighted by atomic mass is 9.96. The number of hydrogen-bond acceptors (Lipinski definition) is 8. The molecule has 5 heterocycles. The first kappa shape index (κ1) is 33.0. The predicted octanol–water partition coefficient (Wildman–Crippen LogP) is 6.17. The number of anilines is 2. The maximum Gasteiger partial charge on any atom is 0.416 e. The van der Waals surface area contributed by atoms with Gasteiger partial charge in [0.05, 0.1) is 29.9 Å². The number of amides is 1. The lowest BCUT2D eigenvalue weighted by molar-refractivity contribution is -0.138. The van der Waals surface area contributed by atoms with Crippen LogP contribution in [0.15, 0.2) is 61.2 Å². The fraction of sp³-hybridized carbons (Fsp3) is 0.333. The molecular formula is C36H35F3N10O. The highest BCUT2D eigenvalue weighted by molar-refractivity contribution is 6.10. The molecule has 1 atom stereocenters. The summed E-state index contributed by atoms with van der Waals surface area (Å²) in [4.78, 5) is 22.3. The van der Waals surface area contributed by atoms with E-state index in [0.29, 0.717) is 58.5 Å². The van der Waals surface area contributed by atoms with E-state index < -0.39 is 17.6 Å². The summed E-state index contributed by atoms with van der Waals surface area (Å²) < 4.78 is 47.2. The first-order valence-electron chi connectivity index (χ1n) is 16.4. The van der Waals surface area contributed by atoms with Crippen LogP contribution >= 0.6 is 0 Å². The minimum Gasteiger partial charge on any atom is -0.366 e. The van der Waals surface area contributed by atoms with Crippen LogP contribution in [0.4, 0.5) is 24.8 Å². The third-order valence-electron chi connectivity index (χ3n) is 9.29. The van der Waals surface area contributed by atoms with Crippen LogP contribution < -0.4 is 10.2 Å². The van der Waals surface area contributed by atoms with E-state index in [4.69, 9.17) is 4.98 Å². The number of nitrogens with one attached hydrogen (secondary N) is 1.